The summed E-state index contributed by atoms with van der Waals surface area (Å²) in [5.41, 5.74) is -0.199. The minimum absolute atomic E-state index is 0.0428. The molecule has 4 rings (SSSR count). The van der Waals surface area contributed by atoms with Crippen LogP contribution in [0.4, 0.5) is 0 Å². The lowest BCUT2D eigenvalue weighted by atomic mass is 9.85. The predicted octanol–water partition coefficient (Wildman–Crippen LogP) is 5.10. The number of aliphatic imine (C=N–C) groups is 1. The number of sulfone groups is 1. The van der Waals surface area contributed by atoms with Gasteiger partial charge in [0.05, 0.1) is 17.3 Å². The monoisotopic (exact) mass is 642 g/mol. The first-order valence-electron chi connectivity index (χ1n) is 13.6. The molecule has 10 heteroatoms. The van der Waals surface area contributed by atoms with E-state index < -0.39 is 21.5 Å². The van der Waals surface area contributed by atoms with Gasteiger partial charge in [-0.15, -0.1) is 0 Å². The second-order valence-corrected chi connectivity index (χ2v) is 13.4. The van der Waals surface area contributed by atoms with Crippen LogP contribution >= 0.6 is 15.9 Å². The molecule has 8 nitrogen and oxygen atoms in total. The molecule has 3 aromatic rings. The van der Waals surface area contributed by atoms with Crippen LogP contribution in [0.3, 0.4) is 0 Å². The average molecular weight is 644 g/mol. The lowest BCUT2D eigenvalue weighted by molar-refractivity contribution is -0.129. The Morgan fingerprint density at radius 1 is 1.07 bits per heavy atom. The standard InChI is InChI=1S/C31H35BrN2O6S/c1-22(2)21-33-30(36)31(17-20-41(37,38)27-7-4-3-5-8-27)28(23-9-13-25(32)14-10-23)40-29(34-31)24-11-15-26(16-12-24)39-19-6-18-35/h3-5,7-16,22,28,35H,6,17-21H2,1-2H3,(H,33,36)/t28-,31-/m1/s1. The molecule has 0 saturated heterocycles. The highest BCUT2D eigenvalue weighted by molar-refractivity contribution is 9.10. The van der Waals surface area contributed by atoms with Crippen molar-refractivity contribution in [1.82, 2.24) is 5.32 Å². The molecule has 1 aliphatic rings. The highest BCUT2D eigenvalue weighted by Gasteiger charge is 2.53. The van der Waals surface area contributed by atoms with Gasteiger partial charge in [0, 0.05) is 36.0 Å². The number of amides is 1. The first kappa shape index (κ1) is 30.7. The fourth-order valence-corrected chi connectivity index (χ4v) is 6.15. The van der Waals surface area contributed by atoms with E-state index in [-0.39, 0.29) is 41.4 Å². The molecule has 0 fully saturated rings. The molecule has 1 amide bonds. The number of ether oxygens (including phenoxy) is 2. The third kappa shape index (κ3) is 7.55. The third-order valence-corrected chi connectivity index (χ3v) is 8.99. The van der Waals surface area contributed by atoms with Crippen molar-refractivity contribution in [2.45, 2.75) is 43.2 Å². The van der Waals surface area contributed by atoms with Gasteiger partial charge in [-0.25, -0.2) is 13.4 Å². The molecule has 2 N–H and O–H groups in total. The Hall–Kier alpha value is -3.21. The van der Waals surface area contributed by atoms with E-state index in [2.05, 4.69) is 21.2 Å². The minimum Gasteiger partial charge on any atom is -0.494 e. The summed E-state index contributed by atoms with van der Waals surface area (Å²) in [4.78, 5) is 19.1. The van der Waals surface area contributed by atoms with Crippen molar-refractivity contribution in [3.05, 3.63) is 94.5 Å². The van der Waals surface area contributed by atoms with Crippen LogP contribution in [0.2, 0.25) is 0 Å². The Bertz CT molecular complexity index is 1440. The maximum absolute atomic E-state index is 14.0. The smallest absolute Gasteiger partial charge is 0.252 e. The molecule has 0 aliphatic carbocycles. The van der Waals surface area contributed by atoms with Crippen LogP contribution in [-0.2, 0) is 19.4 Å². The maximum Gasteiger partial charge on any atom is 0.252 e. The molecule has 0 spiro atoms. The third-order valence-electron chi connectivity index (χ3n) is 6.73. The summed E-state index contributed by atoms with van der Waals surface area (Å²) in [5, 5.41) is 12.0. The van der Waals surface area contributed by atoms with E-state index in [1.54, 1.807) is 54.6 Å². The average Bonchev–Trinajstić information content (AvgIpc) is 3.37. The molecule has 218 valence electrons. The predicted molar refractivity (Wildman–Crippen MR) is 162 cm³/mol. The number of hydrogen-bond acceptors (Lipinski definition) is 7. The summed E-state index contributed by atoms with van der Waals surface area (Å²) < 4.78 is 39.6. The number of halogens is 1. The zero-order valence-corrected chi connectivity index (χ0v) is 25.5. The maximum atomic E-state index is 14.0. The summed E-state index contributed by atoms with van der Waals surface area (Å²) in [6.45, 7) is 4.81. The van der Waals surface area contributed by atoms with Crippen LogP contribution in [0.15, 0.2) is 93.2 Å². The van der Waals surface area contributed by atoms with Crippen molar-refractivity contribution < 1.29 is 27.8 Å². The van der Waals surface area contributed by atoms with Gasteiger partial charge < -0.3 is 19.9 Å². The lowest BCUT2D eigenvalue weighted by Crippen LogP contribution is -2.50. The van der Waals surface area contributed by atoms with Crippen molar-refractivity contribution in [1.29, 1.82) is 0 Å². The number of aliphatic hydroxyl groups is 1. The summed E-state index contributed by atoms with van der Waals surface area (Å²) >= 11 is 3.46. The van der Waals surface area contributed by atoms with Crippen LogP contribution in [0.25, 0.3) is 0 Å². The molecule has 1 aliphatic heterocycles. The number of nitrogens with zero attached hydrogens (tertiary/aromatic N) is 1. The SMILES string of the molecule is CC(C)CNC(=O)[C@]1(CCS(=O)(=O)c2ccccc2)N=C(c2ccc(OCCCO)cc2)O[C@@H]1c1ccc(Br)cc1. The van der Waals surface area contributed by atoms with Crippen molar-refractivity contribution in [3.8, 4) is 5.75 Å². The van der Waals surface area contributed by atoms with E-state index >= 15 is 0 Å². The zero-order chi connectivity index (χ0) is 29.5. The van der Waals surface area contributed by atoms with E-state index in [1.807, 2.05) is 38.1 Å². The first-order chi connectivity index (χ1) is 19.6. The molecule has 0 aromatic heterocycles. The van der Waals surface area contributed by atoms with Gasteiger partial charge in [0.2, 0.25) is 5.90 Å². The largest absolute Gasteiger partial charge is 0.494 e. The molecule has 0 radical (unpaired) electrons. The van der Waals surface area contributed by atoms with E-state index in [4.69, 9.17) is 19.6 Å². The normalized spacial score (nSPS) is 18.6. The van der Waals surface area contributed by atoms with E-state index in [0.717, 1.165) is 4.47 Å². The highest BCUT2D eigenvalue weighted by atomic mass is 79.9. The quantitative estimate of drug-likeness (QED) is 0.251. The molecule has 41 heavy (non-hydrogen) atoms. The van der Waals surface area contributed by atoms with Crippen molar-refractivity contribution in [3.63, 3.8) is 0 Å². The fourth-order valence-electron chi connectivity index (χ4n) is 4.49. The summed E-state index contributed by atoms with van der Waals surface area (Å²) in [5.74, 6) is 0.370. The van der Waals surface area contributed by atoms with Gasteiger partial charge in [-0.1, -0.05) is 60.1 Å². The van der Waals surface area contributed by atoms with Crippen molar-refractivity contribution in [2.24, 2.45) is 10.9 Å². The molecular weight excluding hydrogens is 608 g/mol. The minimum atomic E-state index is -3.71. The van der Waals surface area contributed by atoms with Gasteiger partial charge in [0.25, 0.3) is 5.91 Å². The topological polar surface area (TPSA) is 114 Å². The molecule has 0 unspecified atom stereocenters. The Morgan fingerprint density at radius 3 is 2.39 bits per heavy atom. The molecule has 2 atom stereocenters. The van der Waals surface area contributed by atoms with Gasteiger partial charge in [0.15, 0.2) is 21.5 Å². The van der Waals surface area contributed by atoms with Gasteiger partial charge in [0.1, 0.15) is 5.75 Å². The van der Waals surface area contributed by atoms with Crippen molar-refractivity contribution >= 4 is 37.6 Å². The Labute approximate surface area is 249 Å². The van der Waals surface area contributed by atoms with Crippen LogP contribution in [-0.4, -0.2) is 56.4 Å². The summed E-state index contributed by atoms with van der Waals surface area (Å²) in [6.07, 6.45) is -0.420. The van der Waals surface area contributed by atoms with Crippen LogP contribution in [0.5, 0.6) is 5.75 Å². The number of carbonyl (C=O) groups is 1. The van der Waals surface area contributed by atoms with Crippen LogP contribution in [0.1, 0.15) is 43.9 Å². The lowest BCUT2D eigenvalue weighted by Gasteiger charge is -2.31. The Kier molecular flexibility index (Phi) is 10.2. The Morgan fingerprint density at radius 2 is 1.76 bits per heavy atom. The number of nitrogens with one attached hydrogen (secondary N) is 1. The van der Waals surface area contributed by atoms with Gasteiger partial charge in [-0.05, 0) is 60.0 Å². The van der Waals surface area contributed by atoms with Crippen molar-refractivity contribution in [2.75, 3.05) is 25.5 Å². The number of benzene rings is 3. The highest BCUT2D eigenvalue weighted by Crippen LogP contribution is 2.43. The van der Waals surface area contributed by atoms with E-state index in [0.29, 0.717) is 36.4 Å². The number of hydrogen-bond donors (Lipinski definition) is 2. The summed E-state index contributed by atoms with van der Waals surface area (Å²) in [7, 11) is -3.71. The second kappa shape index (κ2) is 13.6. The number of carbonyl (C=O) groups excluding carboxylic acids is 1. The van der Waals surface area contributed by atoms with E-state index in [9.17, 15) is 13.2 Å². The van der Waals surface area contributed by atoms with Crippen LogP contribution < -0.4 is 10.1 Å². The van der Waals surface area contributed by atoms with Gasteiger partial charge >= 0.3 is 0 Å². The van der Waals surface area contributed by atoms with Gasteiger partial charge in [-0.3, -0.25) is 4.79 Å². The van der Waals surface area contributed by atoms with Gasteiger partial charge in [-0.2, -0.15) is 0 Å². The fraction of sp³-hybridized carbons (Fsp3) is 0.355. The molecule has 1 heterocycles. The molecular formula is C31H35BrN2O6S. The number of aliphatic hydroxyl groups excluding tert-OH is 1. The van der Waals surface area contributed by atoms with E-state index in [1.165, 1.54) is 0 Å². The zero-order valence-electron chi connectivity index (χ0n) is 23.1. The number of rotatable bonds is 13. The molecule has 0 saturated carbocycles. The molecule has 0 bridgehead atoms. The summed E-state index contributed by atoms with van der Waals surface area (Å²) in [6, 6.07) is 22.7. The van der Waals surface area contributed by atoms with Crippen LogP contribution in [0, 0.1) is 5.92 Å². The molecule has 3 aromatic carbocycles. The second-order valence-electron chi connectivity index (χ2n) is 10.3. The Balaban J connectivity index is 1.75. The first-order valence-corrected chi connectivity index (χ1v) is 16.0.